The van der Waals surface area contributed by atoms with E-state index in [2.05, 4.69) is 4.98 Å². The maximum Gasteiger partial charge on any atom is 0.125 e. The van der Waals surface area contributed by atoms with E-state index in [1.165, 1.54) is 0 Å². The van der Waals surface area contributed by atoms with Gasteiger partial charge >= 0.3 is 0 Å². The first-order valence-electron chi connectivity index (χ1n) is 7.04. The van der Waals surface area contributed by atoms with E-state index in [0.29, 0.717) is 6.61 Å². The summed E-state index contributed by atoms with van der Waals surface area (Å²) in [5.74, 6) is 0.721. The first kappa shape index (κ1) is 13.6. The van der Waals surface area contributed by atoms with Crippen LogP contribution >= 0.6 is 0 Å². The summed E-state index contributed by atoms with van der Waals surface area (Å²) in [6.45, 7) is 2.51. The van der Waals surface area contributed by atoms with Crippen LogP contribution in [-0.2, 0) is 0 Å². The summed E-state index contributed by atoms with van der Waals surface area (Å²) in [5.41, 5.74) is 2.54. The summed E-state index contributed by atoms with van der Waals surface area (Å²) in [7, 11) is 0. The molecule has 1 atom stereocenters. The summed E-state index contributed by atoms with van der Waals surface area (Å²) in [6.07, 6.45) is 1.06. The molecule has 21 heavy (non-hydrogen) atoms. The van der Waals surface area contributed by atoms with Crippen molar-refractivity contribution in [2.45, 2.75) is 13.0 Å². The Morgan fingerprint density at radius 1 is 1.10 bits per heavy atom. The fourth-order valence-electron chi connectivity index (χ4n) is 2.44. The average molecular weight is 279 g/mol. The van der Waals surface area contributed by atoms with Crippen LogP contribution in [-0.4, -0.2) is 16.7 Å². The maximum absolute atomic E-state index is 10.7. The Balaban J connectivity index is 2.02. The van der Waals surface area contributed by atoms with Crippen LogP contribution in [0.2, 0.25) is 0 Å². The van der Waals surface area contributed by atoms with Crippen LogP contribution in [0.3, 0.4) is 0 Å². The molecule has 0 saturated carbocycles. The highest BCUT2D eigenvalue weighted by atomic mass is 16.5. The van der Waals surface area contributed by atoms with Crippen LogP contribution in [0.15, 0.2) is 60.8 Å². The van der Waals surface area contributed by atoms with Crippen molar-refractivity contribution in [3.63, 3.8) is 0 Å². The van der Waals surface area contributed by atoms with Crippen molar-refractivity contribution < 1.29 is 9.84 Å². The predicted octanol–water partition coefficient (Wildman–Crippen LogP) is 3.72. The lowest BCUT2D eigenvalue weighted by molar-refractivity contribution is 0.212. The number of rotatable bonds is 4. The number of fused-ring (bicyclic) bond motifs is 1. The van der Waals surface area contributed by atoms with Gasteiger partial charge in [0.25, 0.3) is 0 Å². The quantitative estimate of drug-likeness (QED) is 0.791. The van der Waals surface area contributed by atoms with Gasteiger partial charge < -0.3 is 9.84 Å². The number of pyridine rings is 1. The Hall–Kier alpha value is -2.39. The van der Waals surface area contributed by atoms with Crippen molar-refractivity contribution in [1.82, 2.24) is 4.98 Å². The van der Waals surface area contributed by atoms with Gasteiger partial charge in [0, 0.05) is 17.1 Å². The Morgan fingerprint density at radius 2 is 1.95 bits per heavy atom. The standard InChI is InChI=1S/C18H17NO2/c1-2-21-17-8-4-3-7-15(17)18(20)14-9-10-16-13(12-14)6-5-11-19-16/h3-12,18,20H,2H2,1H3. The van der Waals surface area contributed by atoms with E-state index in [9.17, 15) is 5.11 Å². The minimum absolute atomic E-state index is 0.575. The third kappa shape index (κ3) is 2.73. The third-order valence-corrected chi connectivity index (χ3v) is 3.46. The predicted molar refractivity (Wildman–Crippen MR) is 83.4 cm³/mol. The van der Waals surface area contributed by atoms with Gasteiger partial charge in [0.15, 0.2) is 0 Å². The monoisotopic (exact) mass is 279 g/mol. The lowest BCUT2D eigenvalue weighted by atomic mass is 9.99. The smallest absolute Gasteiger partial charge is 0.125 e. The minimum Gasteiger partial charge on any atom is -0.493 e. The molecule has 3 heteroatoms. The summed E-state index contributed by atoms with van der Waals surface area (Å²) >= 11 is 0. The van der Waals surface area contributed by atoms with E-state index >= 15 is 0 Å². The minimum atomic E-state index is -0.711. The lowest BCUT2D eigenvalue weighted by Crippen LogP contribution is -2.04. The molecule has 2 aromatic carbocycles. The van der Waals surface area contributed by atoms with Crippen molar-refractivity contribution in [2.75, 3.05) is 6.61 Å². The first-order chi connectivity index (χ1) is 10.3. The zero-order chi connectivity index (χ0) is 14.7. The molecule has 0 aliphatic rings. The van der Waals surface area contributed by atoms with Crippen LogP contribution in [0.1, 0.15) is 24.2 Å². The summed E-state index contributed by atoms with van der Waals surface area (Å²) in [5, 5.41) is 11.7. The first-order valence-corrected chi connectivity index (χ1v) is 7.04. The molecule has 0 saturated heterocycles. The van der Waals surface area contributed by atoms with E-state index in [4.69, 9.17) is 4.74 Å². The van der Waals surface area contributed by atoms with E-state index in [1.54, 1.807) is 6.20 Å². The normalized spacial score (nSPS) is 12.3. The van der Waals surface area contributed by atoms with Crippen molar-refractivity contribution in [3.8, 4) is 5.75 Å². The molecule has 3 rings (SSSR count). The number of ether oxygens (including phenoxy) is 1. The molecule has 3 nitrogen and oxygen atoms in total. The van der Waals surface area contributed by atoms with Gasteiger partial charge in [0.1, 0.15) is 11.9 Å². The van der Waals surface area contributed by atoms with Gasteiger partial charge in [-0.15, -0.1) is 0 Å². The van der Waals surface area contributed by atoms with E-state index < -0.39 is 6.10 Å². The number of aromatic nitrogens is 1. The molecule has 0 radical (unpaired) electrons. The highest BCUT2D eigenvalue weighted by molar-refractivity contribution is 5.79. The topological polar surface area (TPSA) is 42.4 Å². The molecular weight excluding hydrogens is 262 g/mol. The molecule has 1 N–H and O–H groups in total. The fourth-order valence-corrected chi connectivity index (χ4v) is 2.44. The molecule has 0 amide bonds. The molecule has 1 heterocycles. The number of para-hydroxylation sites is 1. The van der Waals surface area contributed by atoms with Crippen molar-refractivity contribution in [2.24, 2.45) is 0 Å². The van der Waals surface area contributed by atoms with Crippen LogP contribution in [0, 0.1) is 0 Å². The fraction of sp³-hybridized carbons (Fsp3) is 0.167. The largest absolute Gasteiger partial charge is 0.493 e. The molecule has 0 aliphatic carbocycles. The molecular formula is C18H17NO2. The van der Waals surface area contributed by atoms with Crippen LogP contribution in [0.4, 0.5) is 0 Å². The van der Waals surface area contributed by atoms with Gasteiger partial charge in [-0.3, -0.25) is 4.98 Å². The van der Waals surface area contributed by atoms with Crippen molar-refractivity contribution in [1.29, 1.82) is 0 Å². The summed E-state index contributed by atoms with van der Waals surface area (Å²) in [4.78, 5) is 4.30. The molecule has 1 aromatic heterocycles. The molecule has 106 valence electrons. The van der Waals surface area contributed by atoms with E-state index in [-0.39, 0.29) is 0 Å². The molecule has 3 aromatic rings. The zero-order valence-corrected chi connectivity index (χ0v) is 11.9. The lowest BCUT2D eigenvalue weighted by Gasteiger charge is -2.16. The van der Waals surface area contributed by atoms with Crippen LogP contribution < -0.4 is 4.74 Å². The second kappa shape index (κ2) is 5.94. The molecule has 0 bridgehead atoms. The number of hydrogen-bond acceptors (Lipinski definition) is 3. The van der Waals surface area contributed by atoms with Gasteiger partial charge in [0.2, 0.25) is 0 Å². The van der Waals surface area contributed by atoms with E-state index in [1.807, 2.05) is 61.5 Å². The number of hydrogen-bond donors (Lipinski definition) is 1. The Labute approximate surface area is 123 Å². The Bertz CT molecular complexity index is 755. The Morgan fingerprint density at radius 3 is 2.81 bits per heavy atom. The number of nitrogens with zero attached hydrogens (tertiary/aromatic N) is 1. The van der Waals surface area contributed by atoms with Gasteiger partial charge in [-0.1, -0.05) is 30.3 Å². The highest BCUT2D eigenvalue weighted by Crippen LogP contribution is 2.31. The van der Waals surface area contributed by atoms with Crippen LogP contribution in [0.5, 0.6) is 5.75 Å². The van der Waals surface area contributed by atoms with Gasteiger partial charge in [-0.05, 0) is 36.8 Å². The van der Waals surface area contributed by atoms with Gasteiger partial charge in [0.05, 0.1) is 12.1 Å². The second-order valence-corrected chi connectivity index (χ2v) is 4.83. The third-order valence-electron chi connectivity index (χ3n) is 3.46. The van der Waals surface area contributed by atoms with Crippen molar-refractivity contribution >= 4 is 10.9 Å². The van der Waals surface area contributed by atoms with Crippen LogP contribution in [0.25, 0.3) is 10.9 Å². The molecule has 0 spiro atoms. The SMILES string of the molecule is CCOc1ccccc1C(O)c1ccc2ncccc2c1. The number of benzene rings is 2. The van der Waals surface area contributed by atoms with Crippen molar-refractivity contribution in [3.05, 3.63) is 71.9 Å². The maximum atomic E-state index is 10.7. The molecule has 0 aliphatic heterocycles. The Kier molecular flexibility index (Phi) is 3.84. The number of aliphatic hydroxyl groups is 1. The number of aliphatic hydroxyl groups excluding tert-OH is 1. The molecule has 1 unspecified atom stereocenters. The summed E-state index contributed by atoms with van der Waals surface area (Å²) < 4.78 is 5.59. The molecule has 0 fully saturated rings. The average Bonchev–Trinajstić information content (AvgIpc) is 2.54. The highest BCUT2D eigenvalue weighted by Gasteiger charge is 2.15. The van der Waals surface area contributed by atoms with Gasteiger partial charge in [-0.2, -0.15) is 0 Å². The van der Waals surface area contributed by atoms with E-state index in [0.717, 1.165) is 27.8 Å². The zero-order valence-electron chi connectivity index (χ0n) is 11.9. The summed E-state index contributed by atoms with van der Waals surface area (Å²) in [6, 6.07) is 17.3. The second-order valence-electron chi connectivity index (χ2n) is 4.83. The van der Waals surface area contributed by atoms with Gasteiger partial charge in [-0.25, -0.2) is 0 Å².